The first-order valence-corrected chi connectivity index (χ1v) is 9.91. The zero-order valence-corrected chi connectivity index (χ0v) is 17.8. The van der Waals surface area contributed by atoms with Gasteiger partial charge in [-0.15, -0.1) is 0 Å². The van der Waals surface area contributed by atoms with Crippen molar-refractivity contribution in [3.8, 4) is 6.07 Å². The summed E-state index contributed by atoms with van der Waals surface area (Å²) in [7, 11) is 1.36. The number of alkyl halides is 3. The van der Waals surface area contributed by atoms with Crippen molar-refractivity contribution < 1.29 is 27.2 Å². The van der Waals surface area contributed by atoms with Crippen molar-refractivity contribution in [3.05, 3.63) is 76.7 Å². The van der Waals surface area contributed by atoms with Crippen LogP contribution < -0.4 is 11.1 Å². The molecule has 176 valence electrons. The number of nitrogens with one attached hydrogen (secondary N) is 1. The van der Waals surface area contributed by atoms with E-state index in [1.165, 1.54) is 37.5 Å². The van der Waals surface area contributed by atoms with Crippen LogP contribution >= 0.6 is 0 Å². The van der Waals surface area contributed by atoms with Gasteiger partial charge in [0.2, 0.25) is 5.91 Å². The number of rotatable bonds is 5. The molecule has 0 saturated carbocycles. The van der Waals surface area contributed by atoms with Crippen molar-refractivity contribution >= 4 is 23.7 Å². The number of carbonyl (C=O) groups is 2. The minimum absolute atomic E-state index is 0.00621. The van der Waals surface area contributed by atoms with Crippen molar-refractivity contribution in [1.82, 2.24) is 4.90 Å². The normalized spacial score (nSPS) is 18.5. The third-order valence-electron chi connectivity index (χ3n) is 5.18. The van der Waals surface area contributed by atoms with E-state index in [4.69, 9.17) is 11.0 Å². The molecule has 3 N–H and O–H groups in total. The van der Waals surface area contributed by atoms with Crippen LogP contribution in [-0.4, -0.2) is 48.7 Å². The molecule has 0 saturated heterocycles. The molecule has 0 aliphatic carbocycles. The molecule has 0 unspecified atom stereocenters. The van der Waals surface area contributed by atoms with E-state index in [2.05, 4.69) is 10.3 Å². The van der Waals surface area contributed by atoms with Crippen molar-refractivity contribution in [2.24, 2.45) is 10.7 Å². The van der Waals surface area contributed by atoms with E-state index in [0.29, 0.717) is 4.90 Å². The first-order valence-electron chi connectivity index (χ1n) is 9.91. The molecule has 0 radical (unpaired) electrons. The summed E-state index contributed by atoms with van der Waals surface area (Å²) in [6.45, 7) is -1.64. The van der Waals surface area contributed by atoms with E-state index in [9.17, 15) is 27.2 Å². The fourth-order valence-corrected chi connectivity index (χ4v) is 3.93. The summed E-state index contributed by atoms with van der Waals surface area (Å²) < 4.78 is 54.3. The summed E-state index contributed by atoms with van der Waals surface area (Å²) in [4.78, 5) is 30.8. The maximum Gasteiger partial charge on any atom is 0.406 e. The number of aliphatic imine (C=N–C) groups is 1. The van der Waals surface area contributed by atoms with Crippen LogP contribution in [0.4, 0.5) is 23.2 Å². The molecule has 2 aromatic rings. The first kappa shape index (κ1) is 24.4. The number of hydrogen-bond donors (Lipinski definition) is 2. The highest BCUT2D eigenvalue weighted by atomic mass is 19.4. The van der Waals surface area contributed by atoms with Crippen LogP contribution in [0, 0.1) is 17.1 Å². The van der Waals surface area contributed by atoms with Crippen LogP contribution in [0.1, 0.15) is 27.4 Å². The van der Waals surface area contributed by atoms with E-state index in [1.807, 2.05) is 0 Å². The highest BCUT2D eigenvalue weighted by Gasteiger charge is 2.48. The van der Waals surface area contributed by atoms with Crippen LogP contribution in [-0.2, 0) is 4.79 Å². The van der Waals surface area contributed by atoms with Gasteiger partial charge in [0, 0.05) is 36.3 Å². The number of nitrogens with two attached hydrogens (primary N) is 1. The molecule has 0 aromatic heterocycles. The number of benzene rings is 2. The molecule has 0 bridgehead atoms. The molecular weight excluding hydrogens is 454 g/mol. The number of amides is 2. The molecule has 0 spiro atoms. The van der Waals surface area contributed by atoms with Crippen LogP contribution in [0.3, 0.4) is 0 Å². The van der Waals surface area contributed by atoms with E-state index in [0.717, 1.165) is 18.3 Å². The predicted octanol–water partition coefficient (Wildman–Crippen LogP) is 3.35. The van der Waals surface area contributed by atoms with Crippen molar-refractivity contribution in [2.45, 2.75) is 18.1 Å². The van der Waals surface area contributed by atoms with Crippen molar-refractivity contribution in [3.63, 3.8) is 0 Å². The molecule has 11 heteroatoms. The predicted molar refractivity (Wildman–Crippen MR) is 116 cm³/mol. The van der Waals surface area contributed by atoms with E-state index in [-0.39, 0.29) is 28.0 Å². The minimum atomic E-state index is -4.77. The second kappa shape index (κ2) is 9.74. The topological polar surface area (TPSA) is 112 Å². The summed E-state index contributed by atoms with van der Waals surface area (Å²) >= 11 is 0. The van der Waals surface area contributed by atoms with Gasteiger partial charge in [0.15, 0.2) is 0 Å². The van der Waals surface area contributed by atoms with Crippen LogP contribution in [0.15, 0.2) is 59.2 Å². The Morgan fingerprint density at radius 3 is 2.62 bits per heavy atom. The van der Waals surface area contributed by atoms with Crippen molar-refractivity contribution in [2.75, 3.05) is 18.9 Å². The molecule has 3 rings (SSSR count). The number of nitrogens with zero attached hydrogens (tertiary/aromatic N) is 3. The summed E-state index contributed by atoms with van der Waals surface area (Å²) in [5.74, 6) is -3.89. The zero-order chi connectivity index (χ0) is 25.0. The van der Waals surface area contributed by atoms with Gasteiger partial charge in [-0.25, -0.2) is 4.39 Å². The van der Waals surface area contributed by atoms with Crippen LogP contribution in [0.5, 0.6) is 0 Å². The van der Waals surface area contributed by atoms with Gasteiger partial charge in [0.1, 0.15) is 12.4 Å². The Morgan fingerprint density at radius 2 is 2.00 bits per heavy atom. The third kappa shape index (κ3) is 5.06. The molecule has 1 aliphatic heterocycles. The molecule has 2 atom stereocenters. The van der Waals surface area contributed by atoms with Gasteiger partial charge in [-0.05, 0) is 29.8 Å². The van der Waals surface area contributed by atoms with Crippen molar-refractivity contribution in [1.29, 1.82) is 5.26 Å². The molecule has 7 nitrogen and oxygen atoms in total. The zero-order valence-electron chi connectivity index (χ0n) is 17.8. The first-order chi connectivity index (χ1) is 16.1. The molecule has 1 heterocycles. The SMILES string of the molecule is CN=CC(=CN)[C@H]1[C@H](C(=O)Nc2cc(F)cc(C#N)c2)c2ccccc2C(=O)N1CC(F)(F)F. The van der Waals surface area contributed by atoms with Gasteiger partial charge < -0.3 is 16.0 Å². The van der Waals surface area contributed by atoms with Gasteiger partial charge in [0.25, 0.3) is 5.91 Å². The van der Waals surface area contributed by atoms with Gasteiger partial charge in [-0.1, -0.05) is 18.2 Å². The Kier molecular flexibility index (Phi) is 7.00. The largest absolute Gasteiger partial charge is 0.406 e. The van der Waals surface area contributed by atoms with Crippen LogP contribution in [0.25, 0.3) is 0 Å². The fourth-order valence-electron chi connectivity index (χ4n) is 3.93. The van der Waals surface area contributed by atoms with Gasteiger partial charge >= 0.3 is 6.18 Å². The Bertz CT molecular complexity index is 1220. The molecule has 2 aromatic carbocycles. The quantitative estimate of drug-likeness (QED) is 0.512. The second-order valence-corrected chi connectivity index (χ2v) is 7.44. The highest BCUT2D eigenvalue weighted by Crippen LogP contribution is 2.38. The molecule has 34 heavy (non-hydrogen) atoms. The molecule has 1 aliphatic rings. The molecular formula is C23H19F4N5O2. The minimum Gasteiger partial charge on any atom is -0.404 e. The summed E-state index contributed by atoms with van der Waals surface area (Å²) in [6.07, 6.45) is -2.61. The highest BCUT2D eigenvalue weighted by molar-refractivity contribution is 6.06. The number of anilines is 1. The van der Waals surface area contributed by atoms with Gasteiger partial charge in [-0.3, -0.25) is 14.6 Å². The number of fused-ring (bicyclic) bond motifs is 1. The lowest BCUT2D eigenvalue weighted by atomic mass is 9.79. The average Bonchev–Trinajstić information content (AvgIpc) is 2.78. The summed E-state index contributed by atoms with van der Waals surface area (Å²) in [6, 6.07) is 9.24. The lowest BCUT2D eigenvalue weighted by molar-refractivity contribution is -0.146. The number of halogens is 4. The maximum absolute atomic E-state index is 13.9. The molecule has 2 amide bonds. The van der Waals surface area contributed by atoms with Gasteiger partial charge in [-0.2, -0.15) is 18.4 Å². The van der Waals surface area contributed by atoms with E-state index in [1.54, 1.807) is 12.1 Å². The Morgan fingerprint density at radius 1 is 1.29 bits per heavy atom. The van der Waals surface area contributed by atoms with E-state index >= 15 is 0 Å². The Labute approximate surface area is 192 Å². The van der Waals surface area contributed by atoms with Crippen LogP contribution in [0.2, 0.25) is 0 Å². The number of hydrogen-bond acceptors (Lipinski definition) is 5. The Hall–Kier alpha value is -4.20. The summed E-state index contributed by atoms with van der Waals surface area (Å²) in [5, 5.41) is 11.5. The Balaban J connectivity index is 2.18. The summed E-state index contributed by atoms with van der Waals surface area (Å²) in [5.41, 5.74) is 5.63. The van der Waals surface area contributed by atoms with Gasteiger partial charge in [0.05, 0.1) is 23.6 Å². The number of nitriles is 1. The smallest absolute Gasteiger partial charge is 0.404 e. The lowest BCUT2D eigenvalue weighted by Crippen LogP contribution is -2.55. The fraction of sp³-hybridized carbons (Fsp3) is 0.217. The number of carbonyl (C=O) groups excluding carboxylic acids is 2. The maximum atomic E-state index is 13.9. The average molecular weight is 473 g/mol. The molecule has 0 fully saturated rings. The standard InChI is InChI=1S/C23H19F4N5O2/c1-30-11-14(10-29)20-19(21(33)31-16-7-13(9-28)6-15(24)8-16)17-4-2-3-5-18(17)22(34)32(20)12-23(25,26)27/h2-8,10-11,19-20H,12,29H2,1H3,(H,31,33)/t19-,20+/m1/s1. The monoisotopic (exact) mass is 473 g/mol. The van der Waals surface area contributed by atoms with E-state index < -0.39 is 42.3 Å². The second-order valence-electron chi connectivity index (χ2n) is 7.44. The lowest BCUT2D eigenvalue weighted by Gasteiger charge is -2.42. The third-order valence-corrected chi connectivity index (χ3v) is 5.18.